The maximum atomic E-state index is 13.6. The molecule has 0 bridgehead atoms. The van der Waals surface area contributed by atoms with Crippen molar-refractivity contribution in [3.8, 4) is 16.5 Å². The molecule has 1 N–H and O–H groups in total. The summed E-state index contributed by atoms with van der Waals surface area (Å²) in [5.74, 6) is -0.374. The molecule has 0 saturated carbocycles. The largest absolute Gasteiger partial charge is 0.493 e. The van der Waals surface area contributed by atoms with Crippen molar-refractivity contribution in [3.63, 3.8) is 0 Å². The molecule has 1 aromatic carbocycles. The Hall–Kier alpha value is -1.07. The Morgan fingerprint density at radius 3 is 2.87 bits per heavy atom. The number of aromatic hydroxyl groups is 1. The molecule has 2 nitrogen and oxygen atoms in total. The first-order valence-electron chi connectivity index (χ1n) is 4.19. The molecule has 2 aromatic rings. The normalized spacial score (nSPS) is 10.5. The second-order valence-corrected chi connectivity index (χ2v) is 4.53. The Balaban J connectivity index is 2.60. The molecular weight excluding hydrogens is 233 g/mol. The Labute approximate surface area is 94.8 Å². The Kier molecular flexibility index (Phi) is 2.93. The Morgan fingerprint density at radius 2 is 2.27 bits per heavy atom. The zero-order valence-corrected chi connectivity index (χ0v) is 9.53. The van der Waals surface area contributed by atoms with Crippen molar-refractivity contribution in [1.82, 2.24) is 4.98 Å². The molecule has 1 aromatic heterocycles. The van der Waals surface area contributed by atoms with Crippen LogP contribution in [0.4, 0.5) is 4.39 Å². The lowest BCUT2D eigenvalue weighted by Gasteiger charge is -2.04. The minimum absolute atomic E-state index is 0.0645. The maximum absolute atomic E-state index is 13.6. The predicted octanol–water partition coefficient (Wildman–Crippen LogP) is 3.38. The van der Waals surface area contributed by atoms with Crippen LogP contribution in [0.25, 0.3) is 10.6 Å². The van der Waals surface area contributed by atoms with Crippen LogP contribution >= 0.6 is 23.1 Å². The lowest BCUT2D eigenvalue weighted by Crippen LogP contribution is -1.86. The molecule has 0 atom stereocenters. The third-order valence-corrected chi connectivity index (χ3v) is 3.53. The van der Waals surface area contributed by atoms with E-state index in [-0.39, 0.29) is 11.7 Å². The molecule has 0 radical (unpaired) electrons. The Bertz CT molecular complexity index is 484. The zero-order valence-electron chi connectivity index (χ0n) is 7.90. The number of hydrogen-bond acceptors (Lipinski definition) is 4. The summed E-state index contributed by atoms with van der Waals surface area (Å²) in [7, 11) is 0. The van der Waals surface area contributed by atoms with Gasteiger partial charge in [-0.3, -0.25) is 0 Å². The molecule has 5 heteroatoms. The van der Waals surface area contributed by atoms with Crippen LogP contribution in [-0.4, -0.2) is 16.3 Å². The van der Waals surface area contributed by atoms with Crippen molar-refractivity contribution in [3.05, 3.63) is 29.4 Å². The van der Waals surface area contributed by atoms with Crippen molar-refractivity contribution in [1.29, 1.82) is 0 Å². The van der Waals surface area contributed by atoms with E-state index in [1.807, 2.05) is 12.3 Å². The molecule has 0 fully saturated rings. The fourth-order valence-electron chi connectivity index (χ4n) is 1.26. The summed E-state index contributed by atoms with van der Waals surface area (Å²) in [5, 5.41) is 11.1. The van der Waals surface area contributed by atoms with Gasteiger partial charge in [-0.1, -0.05) is 6.07 Å². The molecule has 0 aliphatic carbocycles. The van der Waals surface area contributed by atoms with E-state index < -0.39 is 0 Å². The smallest absolute Gasteiger partial charge is 0.222 e. The molecule has 0 amide bonds. The van der Waals surface area contributed by atoms with Crippen LogP contribution in [0.2, 0.25) is 0 Å². The van der Waals surface area contributed by atoms with Crippen LogP contribution in [-0.2, 0) is 0 Å². The van der Waals surface area contributed by atoms with Gasteiger partial charge in [-0.05, 0) is 18.4 Å². The zero-order chi connectivity index (χ0) is 10.8. The van der Waals surface area contributed by atoms with E-state index in [9.17, 15) is 4.39 Å². The van der Waals surface area contributed by atoms with E-state index in [1.165, 1.54) is 34.5 Å². The second kappa shape index (κ2) is 4.20. The van der Waals surface area contributed by atoms with Crippen molar-refractivity contribution in [2.24, 2.45) is 0 Å². The fourth-order valence-corrected chi connectivity index (χ4v) is 2.68. The maximum Gasteiger partial charge on any atom is 0.222 e. The van der Waals surface area contributed by atoms with Gasteiger partial charge in [0.25, 0.3) is 0 Å². The summed E-state index contributed by atoms with van der Waals surface area (Å²) in [6, 6.07) is 4.90. The summed E-state index contributed by atoms with van der Waals surface area (Å²) in [6.45, 7) is 0. The van der Waals surface area contributed by atoms with Crippen molar-refractivity contribution < 1.29 is 9.50 Å². The van der Waals surface area contributed by atoms with Crippen molar-refractivity contribution >= 4 is 23.1 Å². The van der Waals surface area contributed by atoms with E-state index in [2.05, 4.69) is 4.98 Å². The molecule has 0 saturated heterocycles. The number of thiazole rings is 1. The molecule has 0 unspecified atom stereocenters. The molecule has 1 heterocycles. The number of thioether (sulfide) groups is 1. The molecule has 0 aliphatic rings. The van der Waals surface area contributed by atoms with Gasteiger partial charge in [0.15, 0.2) is 0 Å². The summed E-state index contributed by atoms with van der Waals surface area (Å²) >= 11 is 2.69. The number of hydrogen-bond donors (Lipinski definition) is 1. The average Bonchev–Trinajstić information content (AvgIpc) is 2.64. The van der Waals surface area contributed by atoms with Gasteiger partial charge in [-0.2, -0.15) is 0 Å². The minimum atomic E-state index is -0.309. The van der Waals surface area contributed by atoms with E-state index in [0.29, 0.717) is 10.6 Å². The van der Waals surface area contributed by atoms with Gasteiger partial charge in [0.1, 0.15) is 10.8 Å². The van der Waals surface area contributed by atoms with Crippen LogP contribution in [0.5, 0.6) is 5.88 Å². The van der Waals surface area contributed by atoms with E-state index in [4.69, 9.17) is 5.11 Å². The monoisotopic (exact) mass is 241 g/mol. The van der Waals surface area contributed by atoms with Gasteiger partial charge >= 0.3 is 0 Å². The second-order valence-electron chi connectivity index (χ2n) is 2.83. The highest BCUT2D eigenvalue weighted by Crippen LogP contribution is 2.35. The SMILES string of the molecule is CSc1cccc(F)c1-c1nc(O)cs1. The quantitative estimate of drug-likeness (QED) is 0.818. The average molecular weight is 241 g/mol. The summed E-state index contributed by atoms with van der Waals surface area (Å²) in [6.07, 6.45) is 1.88. The third kappa shape index (κ3) is 1.98. The highest BCUT2D eigenvalue weighted by molar-refractivity contribution is 7.98. The number of aromatic nitrogens is 1. The minimum Gasteiger partial charge on any atom is -0.493 e. The highest BCUT2D eigenvalue weighted by Gasteiger charge is 2.13. The van der Waals surface area contributed by atoms with Crippen molar-refractivity contribution in [2.45, 2.75) is 4.90 Å². The first kappa shape index (κ1) is 10.4. The summed E-state index contributed by atoms with van der Waals surface area (Å²) in [5.41, 5.74) is 0.468. The standard InChI is InChI=1S/C10H8FNOS2/c1-14-7-4-2-3-6(11)9(7)10-12-8(13)5-15-10/h2-5,13H,1H3. The summed E-state index contributed by atoms with van der Waals surface area (Å²) < 4.78 is 13.6. The Morgan fingerprint density at radius 1 is 1.47 bits per heavy atom. The van der Waals surface area contributed by atoms with Gasteiger partial charge in [0, 0.05) is 4.90 Å². The van der Waals surface area contributed by atoms with Crippen LogP contribution in [0.15, 0.2) is 28.5 Å². The first-order valence-corrected chi connectivity index (χ1v) is 6.30. The topological polar surface area (TPSA) is 33.1 Å². The number of nitrogens with zero attached hydrogens (tertiary/aromatic N) is 1. The lowest BCUT2D eigenvalue weighted by molar-refractivity contribution is 0.458. The number of benzene rings is 1. The van der Waals surface area contributed by atoms with Crippen LogP contribution in [0.1, 0.15) is 0 Å². The van der Waals surface area contributed by atoms with E-state index >= 15 is 0 Å². The molecular formula is C10H8FNOS2. The van der Waals surface area contributed by atoms with Gasteiger partial charge < -0.3 is 5.11 Å². The van der Waals surface area contributed by atoms with Crippen molar-refractivity contribution in [2.75, 3.05) is 6.26 Å². The van der Waals surface area contributed by atoms with Crippen LogP contribution < -0.4 is 0 Å². The lowest BCUT2D eigenvalue weighted by atomic mass is 10.2. The number of rotatable bonds is 2. The molecule has 0 aliphatic heterocycles. The summed E-state index contributed by atoms with van der Waals surface area (Å²) in [4.78, 5) is 4.69. The first-order chi connectivity index (χ1) is 7.22. The third-order valence-electron chi connectivity index (χ3n) is 1.90. The molecule has 78 valence electrons. The molecule has 2 rings (SSSR count). The van der Waals surface area contributed by atoms with E-state index in [1.54, 1.807) is 6.07 Å². The van der Waals surface area contributed by atoms with Gasteiger partial charge in [0.2, 0.25) is 5.88 Å². The van der Waals surface area contributed by atoms with Gasteiger partial charge in [0.05, 0.1) is 10.9 Å². The van der Waals surface area contributed by atoms with Crippen LogP contribution in [0, 0.1) is 5.82 Å². The molecule has 15 heavy (non-hydrogen) atoms. The fraction of sp³-hybridized carbons (Fsp3) is 0.100. The highest BCUT2D eigenvalue weighted by atomic mass is 32.2. The van der Waals surface area contributed by atoms with Crippen LogP contribution in [0.3, 0.4) is 0 Å². The van der Waals surface area contributed by atoms with Gasteiger partial charge in [-0.25, -0.2) is 9.37 Å². The van der Waals surface area contributed by atoms with E-state index in [0.717, 1.165) is 4.90 Å². The number of halogens is 1. The predicted molar refractivity (Wildman–Crippen MR) is 61.0 cm³/mol. The van der Waals surface area contributed by atoms with Gasteiger partial charge in [-0.15, -0.1) is 23.1 Å². The molecule has 0 spiro atoms.